The standard InChI is InChI=1S/C10H18N6O.HI/c1-8-6-16(3-4-17-8)10(11)12-5-9-13-7-15(2)14-9;/h7-8H,3-6H2,1-2H3,(H2,11,12);1H. The third-order valence-corrected chi connectivity index (χ3v) is 2.59. The first-order valence-corrected chi connectivity index (χ1v) is 5.66. The molecule has 0 saturated carbocycles. The van der Waals surface area contributed by atoms with E-state index in [0.717, 1.165) is 13.1 Å². The van der Waals surface area contributed by atoms with Gasteiger partial charge in [0, 0.05) is 20.1 Å². The summed E-state index contributed by atoms with van der Waals surface area (Å²) in [5.41, 5.74) is 5.92. The second kappa shape index (κ2) is 6.88. The van der Waals surface area contributed by atoms with E-state index in [2.05, 4.69) is 15.1 Å². The Hall–Kier alpha value is -0.900. The van der Waals surface area contributed by atoms with E-state index in [0.29, 0.717) is 24.9 Å². The molecule has 2 N–H and O–H groups in total. The molecule has 18 heavy (non-hydrogen) atoms. The van der Waals surface area contributed by atoms with Gasteiger partial charge in [0.25, 0.3) is 0 Å². The number of nitrogens with zero attached hydrogens (tertiary/aromatic N) is 5. The average Bonchev–Trinajstić information content (AvgIpc) is 2.72. The quantitative estimate of drug-likeness (QED) is 0.452. The van der Waals surface area contributed by atoms with E-state index in [1.807, 2.05) is 18.9 Å². The van der Waals surface area contributed by atoms with Gasteiger partial charge in [0.05, 0.1) is 12.7 Å². The molecule has 0 aromatic carbocycles. The fourth-order valence-corrected chi connectivity index (χ4v) is 1.73. The van der Waals surface area contributed by atoms with E-state index >= 15 is 0 Å². The van der Waals surface area contributed by atoms with Gasteiger partial charge in [0.1, 0.15) is 12.9 Å². The molecule has 8 heteroatoms. The molecule has 2 heterocycles. The second-order valence-electron chi connectivity index (χ2n) is 4.14. The fourth-order valence-electron chi connectivity index (χ4n) is 1.73. The fraction of sp³-hybridized carbons (Fsp3) is 0.700. The molecular weight excluding hydrogens is 347 g/mol. The normalized spacial score (nSPS) is 20.7. The summed E-state index contributed by atoms with van der Waals surface area (Å²) in [6.07, 6.45) is 1.85. The Kier molecular flexibility index (Phi) is 5.79. The van der Waals surface area contributed by atoms with Crippen molar-refractivity contribution in [1.82, 2.24) is 19.7 Å². The van der Waals surface area contributed by atoms with Crippen LogP contribution in [-0.4, -0.2) is 51.4 Å². The number of aliphatic imine (C=N–C) groups is 1. The number of morpholine rings is 1. The largest absolute Gasteiger partial charge is 0.375 e. The van der Waals surface area contributed by atoms with Gasteiger partial charge in [-0.1, -0.05) is 0 Å². The third-order valence-electron chi connectivity index (χ3n) is 2.59. The van der Waals surface area contributed by atoms with E-state index in [1.165, 1.54) is 0 Å². The molecule has 1 saturated heterocycles. The van der Waals surface area contributed by atoms with Crippen molar-refractivity contribution in [3.8, 4) is 0 Å². The summed E-state index contributed by atoms with van der Waals surface area (Å²) in [5.74, 6) is 1.21. The predicted octanol–water partition coefficient (Wildman–Crippen LogP) is -0.0315. The summed E-state index contributed by atoms with van der Waals surface area (Å²) in [6, 6.07) is 0. The molecule has 0 amide bonds. The van der Waals surface area contributed by atoms with Gasteiger partial charge in [-0.3, -0.25) is 4.68 Å². The predicted molar refractivity (Wildman–Crippen MR) is 78.7 cm³/mol. The molecule has 1 unspecified atom stereocenters. The Labute approximate surface area is 123 Å². The zero-order valence-electron chi connectivity index (χ0n) is 10.6. The molecule has 1 aromatic heterocycles. The smallest absolute Gasteiger partial charge is 0.191 e. The van der Waals surface area contributed by atoms with Gasteiger partial charge in [-0.25, -0.2) is 9.98 Å². The minimum atomic E-state index is 0. The Bertz CT molecular complexity index is 407. The number of aryl methyl sites for hydroxylation is 1. The van der Waals surface area contributed by atoms with Crippen LogP contribution < -0.4 is 5.73 Å². The lowest BCUT2D eigenvalue weighted by Gasteiger charge is -2.31. The van der Waals surface area contributed by atoms with Crippen molar-refractivity contribution in [2.75, 3.05) is 19.7 Å². The highest BCUT2D eigenvalue weighted by atomic mass is 127. The first kappa shape index (κ1) is 15.2. The maximum absolute atomic E-state index is 5.92. The van der Waals surface area contributed by atoms with Gasteiger partial charge in [-0.2, -0.15) is 5.10 Å². The Morgan fingerprint density at radius 3 is 3.06 bits per heavy atom. The molecule has 0 aliphatic carbocycles. The molecule has 1 atom stereocenters. The zero-order valence-corrected chi connectivity index (χ0v) is 12.9. The average molecular weight is 366 g/mol. The number of aromatic nitrogens is 3. The molecule has 1 fully saturated rings. The van der Waals surface area contributed by atoms with E-state index in [-0.39, 0.29) is 30.1 Å². The summed E-state index contributed by atoms with van der Waals surface area (Å²) in [4.78, 5) is 10.4. The SMILES string of the molecule is CC1CN(C(N)=NCc2ncn(C)n2)CCO1.I. The van der Waals surface area contributed by atoms with Crippen LogP contribution in [0.4, 0.5) is 0 Å². The highest BCUT2D eigenvalue weighted by Crippen LogP contribution is 2.04. The molecule has 0 radical (unpaired) electrons. The number of halogens is 1. The number of rotatable bonds is 2. The first-order valence-electron chi connectivity index (χ1n) is 5.66. The first-order chi connectivity index (χ1) is 8.15. The molecular formula is C10H19IN6O. The van der Waals surface area contributed by atoms with E-state index in [4.69, 9.17) is 10.5 Å². The van der Waals surface area contributed by atoms with Crippen molar-refractivity contribution >= 4 is 29.9 Å². The lowest BCUT2D eigenvalue weighted by atomic mass is 10.3. The minimum absolute atomic E-state index is 0. The molecule has 102 valence electrons. The van der Waals surface area contributed by atoms with Crippen LogP contribution in [0.25, 0.3) is 0 Å². The van der Waals surface area contributed by atoms with E-state index < -0.39 is 0 Å². The van der Waals surface area contributed by atoms with Gasteiger partial charge in [-0.05, 0) is 6.92 Å². The van der Waals surface area contributed by atoms with Gasteiger partial charge in [0.15, 0.2) is 11.8 Å². The Morgan fingerprint density at radius 1 is 1.67 bits per heavy atom. The molecule has 0 spiro atoms. The highest BCUT2D eigenvalue weighted by molar-refractivity contribution is 14.0. The molecule has 7 nitrogen and oxygen atoms in total. The van der Waals surface area contributed by atoms with Crippen LogP contribution in [0.3, 0.4) is 0 Å². The maximum Gasteiger partial charge on any atom is 0.191 e. The van der Waals surface area contributed by atoms with Crippen LogP contribution in [-0.2, 0) is 18.3 Å². The van der Waals surface area contributed by atoms with Crippen molar-refractivity contribution in [1.29, 1.82) is 0 Å². The topological polar surface area (TPSA) is 81.6 Å². The maximum atomic E-state index is 5.92. The number of hydrogen-bond donors (Lipinski definition) is 1. The molecule has 1 aliphatic rings. The summed E-state index contributed by atoms with van der Waals surface area (Å²) in [7, 11) is 1.83. The van der Waals surface area contributed by atoms with Gasteiger partial charge < -0.3 is 15.4 Å². The van der Waals surface area contributed by atoms with Gasteiger partial charge >= 0.3 is 0 Å². The van der Waals surface area contributed by atoms with Crippen LogP contribution in [0.15, 0.2) is 11.3 Å². The van der Waals surface area contributed by atoms with Crippen LogP contribution in [0.2, 0.25) is 0 Å². The second-order valence-corrected chi connectivity index (χ2v) is 4.14. The van der Waals surface area contributed by atoms with Gasteiger partial charge in [0.2, 0.25) is 0 Å². The van der Waals surface area contributed by atoms with Crippen LogP contribution in [0.1, 0.15) is 12.7 Å². The van der Waals surface area contributed by atoms with E-state index in [1.54, 1.807) is 11.0 Å². The summed E-state index contributed by atoms with van der Waals surface area (Å²) < 4.78 is 7.09. The third kappa shape index (κ3) is 4.09. The van der Waals surface area contributed by atoms with E-state index in [9.17, 15) is 0 Å². The molecule has 1 aliphatic heterocycles. The summed E-state index contributed by atoms with van der Waals surface area (Å²) >= 11 is 0. The molecule has 1 aromatic rings. The van der Waals surface area contributed by atoms with Crippen molar-refractivity contribution in [2.45, 2.75) is 19.6 Å². The van der Waals surface area contributed by atoms with Crippen molar-refractivity contribution in [3.05, 3.63) is 12.2 Å². The number of hydrogen-bond acceptors (Lipinski definition) is 4. The zero-order chi connectivity index (χ0) is 12.3. The van der Waals surface area contributed by atoms with Crippen LogP contribution >= 0.6 is 24.0 Å². The number of nitrogens with two attached hydrogens (primary N) is 1. The van der Waals surface area contributed by atoms with Crippen LogP contribution in [0.5, 0.6) is 0 Å². The lowest BCUT2D eigenvalue weighted by molar-refractivity contribution is 0.00528. The minimum Gasteiger partial charge on any atom is -0.375 e. The van der Waals surface area contributed by atoms with Crippen LogP contribution in [0, 0.1) is 0 Å². The number of ether oxygens (including phenoxy) is 1. The highest BCUT2D eigenvalue weighted by Gasteiger charge is 2.17. The summed E-state index contributed by atoms with van der Waals surface area (Å²) in [6.45, 7) is 4.71. The van der Waals surface area contributed by atoms with Crippen molar-refractivity contribution < 1.29 is 4.74 Å². The monoisotopic (exact) mass is 366 g/mol. The molecule has 0 bridgehead atoms. The van der Waals surface area contributed by atoms with Crippen molar-refractivity contribution in [2.24, 2.45) is 17.8 Å². The lowest BCUT2D eigenvalue weighted by Crippen LogP contribution is -2.47. The Balaban J connectivity index is 0.00000162. The van der Waals surface area contributed by atoms with Crippen molar-refractivity contribution in [3.63, 3.8) is 0 Å². The Morgan fingerprint density at radius 2 is 2.44 bits per heavy atom. The summed E-state index contributed by atoms with van der Waals surface area (Å²) in [5, 5.41) is 4.14. The molecule has 2 rings (SSSR count). The number of guanidine groups is 1. The van der Waals surface area contributed by atoms with Gasteiger partial charge in [-0.15, -0.1) is 24.0 Å².